The van der Waals surface area contributed by atoms with Crippen molar-refractivity contribution in [3.8, 4) is 28.1 Å². The predicted octanol–water partition coefficient (Wildman–Crippen LogP) is 7.47. The monoisotopic (exact) mass is 1060 g/mol. The highest BCUT2D eigenvalue weighted by Crippen LogP contribution is 2.39. The van der Waals surface area contributed by atoms with Crippen molar-refractivity contribution in [2.75, 3.05) is 63.4 Å². The maximum absolute atomic E-state index is 14.2. The van der Waals surface area contributed by atoms with Crippen LogP contribution in [0.5, 0.6) is 5.75 Å². The van der Waals surface area contributed by atoms with Crippen LogP contribution >= 0.6 is 11.8 Å². The Morgan fingerprint density at radius 2 is 1.48 bits per heavy atom. The molecule has 19 nitrogen and oxygen atoms in total. The molecule has 23 heteroatoms. The van der Waals surface area contributed by atoms with Gasteiger partial charge >= 0.3 is 18.5 Å². The Labute approximate surface area is 438 Å². The first-order valence-corrected chi connectivity index (χ1v) is 26.1. The number of halogens is 3. The molecule has 0 aliphatic carbocycles. The van der Waals surface area contributed by atoms with Gasteiger partial charge in [0.2, 0.25) is 17.7 Å². The summed E-state index contributed by atoms with van der Waals surface area (Å²) in [6, 6.07) is 11.6. The maximum Gasteiger partial charge on any atom is 0.573 e. The lowest BCUT2D eigenvalue weighted by Crippen LogP contribution is -2.64. The lowest BCUT2D eigenvalue weighted by Gasteiger charge is -2.45. The third-order valence-corrected chi connectivity index (χ3v) is 15.1. The number of nitrogens with zero attached hydrogens (tertiary/aromatic N) is 6. The van der Waals surface area contributed by atoms with E-state index in [4.69, 9.17) is 9.47 Å². The number of amides is 6. The topological polar surface area (TPSA) is 221 Å². The number of hydrogen-bond acceptors (Lipinski definition) is 13. The third-order valence-electron chi connectivity index (χ3n) is 14.1. The number of carbonyl (C=O) groups is 6. The van der Waals surface area contributed by atoms with Crippen molar-refractivity contribution >= 4 is 59.1 Å². The molecule has 3 saturated heterocycles. The zero-order chi connectivity index (χ0) is 54.5. The van der Waals surface area contributed by atoms with Crippen molar-refractivity contribution < 1.29 is 56.1 Å². The van der Waals surface area contributed by atoms with Gasteiger partial charge < -0.3 is 54.7 Å². The Morgan fingerprint density at radius 1 is 0.827 bits per heavy atom. The van der Waals surface area contributed by atoms with E-state index in [0.29, 0.717) is 80.4 Å². The standard InChI is InChI=1S/C52H65F3N10O9S/c1-29(2)42(60-49(70)72-7)46(67)64-28-36(75-9)24-39(64)44-57-26-38(59-44)33-13-11-32(12-14-33)37-17-15-34(23-40(37)74-52(53,54)55)45(66)58-35-16-18-41(56-25-35)63-22-21-62(27-31(63)5)48(69)51(6)19-10-20-65(51)47(68)43(30(3)4)61-50(71)73-8/h11-18,23,25-26,29-31,36,39,42-43H,10,19-22,24,27-28H2,1-9H3,(H,57,59)(H,58,66)(H,60,70)(H,61,71)/t31-,36+,39+,42+,43?,51+/m1/s1. The molecule has 4 aromatic rings. The number of nitrogens with one attached hydrogen (secondary N) is 4. The van der Waals surface area contributed by atoms with E-state index in [-0.39, 0.29) is 57.7 Å². The fourth-order valence-electron chi connectivity index (χ4n) is 10.0. The molecule has 2 aromatic carbocycles. The largest absolute Gasteiger partial charge is 0.573 e. The van der Waals surface area contributed by atoms with Gasteiger partial charge in [0, 0.05) is 55.1 Å². The summed E-state index contributed by atoms with van der Waals surface area (Å²) in [4.78, 5) is 99.1. The van der Waals surface area contributed by atoms with E-state index in [1.165, 1.54) is 32.5 Å². The van der Waals surface area contributed by atoms with Crippen LogP contribution in [0.4, 0.5) is 34.3 Å². The van der Waals surface area contributed by atoms with Crippen LogP contribution in [0.25, 0.3) is 22.4 Å². The Bertz CT molecular complexity index is 2730. The number of rotatable bonds is 15. The molecule has 6 amide bonds. The number of aromatic amines is 1. The molecule has 75 heavy (non-hydrogen) atoms. The minimum Gasteiger partial charge on any atom is -0.453 e. The summed E-state index contributed by atoms with van der Waals surface area (Å²) in [5, 5.41) is 8.11. The average molecular weight is 1060 g/mol. The maximum atomic E-state index is 14.2. The molecule has 1 unspecified atom stereocenters. The quantitative estimate of drug-likeness (QED) is 0.0909. The van der Waals surface area contributed by atoms with Crippen molar-refractivity contribution in [3.05, 3.63) is 78.4 Å². The van der Waals surface area contributed by atoms with E-state index in [0.717, 1.165) is 6.07 Å². The second-order valence-electron chi connectivity index (χ2n) is 19.9. The first-order chi connectivity index (χ1) is 35.5. The highest BCUT2D eigenvalue weighted by molar-refractivity contribution is 7.99. The summed E-state index contributed by atoms with van der Waals surface area (Å²) in [7, 11) is 2.46. The number of ether oxygens (including phenoxy) is 3. The molecule has 5 heterocycles. The number of anilines is 2. The number of H-pyrrole nitrogens is 1. The van der Waals surface area contributed by atoms with Crippen LogP contribution in [0.2, 0.25) is 0 Å². The molecule has 0 spiro atoms. The third kappa shape index (κ3) is 12.6. The second kappa shape index (κ2) is 23.2. The molecule has 2 aromatic heterocycles. The van der Waals surface area contributed by atoms with Gasteiger partial charge in [-0.25, -0.2) is 19.6 Å². The minimum absolute atomic E-state index is 0.0852. The molecule has 3 fully saturated rings. The van der Waals surface area contributed by atoms with Gasteiger partial charge in [-0.2, -0.15) is 11.8 Å². The molecular formula is C52H65F3N10O9S. The predicted molar refractivity (Wildman–Crippen MR) is 276 cm³/mol. The van der Waals surface area contributed by atoms with Crippen molar-refractivity contribution in [3.63, 3.8) is 0 Å². The van der Waals surface area contributed by atoms with Gasteiger partial charge in [0.1, 0.15) is 35.0 Å². The van der Waals surface area contributed by atoms with Crippen molar-refractivity contribution in [1.82, 2.24) is 40.3 Å². The fourth-order valence-corrected chi connectivity index (χ4v) is 10.7. The van der Waals surface area contributed by atoms with E-state index < -0.39 is 53.9 Å². The molecule has 0 bridgehead atoms. The lowest BCUT2D eigenvalue weighted by molar-refractivity contribution is -0.274. The van der Waals surface area contributed by atoms with Gasteiger partial charge in [-0.05, 0) is 92.7 Å². The van der Waals surface area contributed by atoms with Crippen LogP contribution in [-0.2, 0) is 23.9 Å². The van der Waals surface area contributed by atoms with Crippen LogP contribution in [-0.4, -0.2) is 154 Å². The van der Waals surface area contributed by atoms with E-state index in [1.807, 2.05) is 45.8 Å². The number of piperazine rings is 1. The zero-order valence-electron chi connectivity index (χ0n) is 43.4. The SMILES string of the molecule is COC(=O)NC(C(=O)N1CCC[C@@]1(C)C(=O)N1CCN(c2ccc(NC(=O)c3ccc(-c4ccc(-c5cnc([C@@H]6C[C@H](SC)CN6C(=O)[C@@H](NC(=O)OC)C(C)C)[nH]5)cc4)c(OC(F)(F)F)c3)cn2)[C@H](C)C1)C(C)C. The van der Waals surface area contributed by atoms with Crippen molar-refractivity contribution in [2.24, 2.45) is 11.8 Å². The van der Waals surface area contributed by atoms with Crippen LogP contribution in [0, 0.1) is 11.8 Å². The smallest absolute Gasteiger partial charge is 0.453 e. The number of pyridine rings is 1. The van der Waals surface area contributed by atoms with Gasteiger partial charge in [0.15, 0.2) is 0 Å². The Morgan fingerprint density at radius 3 is 2.07 bits per heavy atom. The summed E-state index contributed by atoms with van der Waals surface area (Å²) in [6.45, 7) is 13.0. The highest BCUT2D eigenvalue weighted by Gasteiger charge is 2.50. The zero-order valence-corrected chi connectivity index (χ0v) is 44.3. The van der Waals surface area contributed by atoms with Crippen LogP contribution in [0.15, 0.2) is 67.0 Å². The summed E-state index contributed by atoms with van der Waals surface area (Å²) >= 11 is 1.63. The fraction of sp³-hybridized carbons (Fsp3) is 0.500. The molecule has 3 aliphatic rings. The number of methoxy groups -OCH3 is 2. The van der Waals surface area contributed by atoms with Gasteiger partial charge in [-0.3, -0.25) is 19.2 Å². The minimum atomic E-state index is -5.07. The number of hydrogen-bond donors (Lipinski definition) is 4. The van der Waals surface area contributed by atoms with E-state index in [2.05, 4.69) is 35.6 Å². The second-order valence-corrected chi connectivity index (χ2v) is 21.0. The number of imidazole rings is 1. The van der Waals surface area contributed by atoms with Crippen LogP contribution in [0.1, 0.15) is 83.0 Å². The number of aromatic nitrogens is 3. The number of benzene rings is 2. The molecule has 3 aliphatic heterocycles. The van der Waals surface area contributed by atoms with E-state index >= 15 is 0 Å². The van der Waals surface area contributed by atoms with Gasteiger partial charge in [-0.15, -0.1) is 13.2 Å². The van der Waals surface area contributed by atoms with Crippen molar-refractivity contribution in [2.45, 2.75) is 102 Å². The summed E-state index contributed by atoms with van der Waals surface area (Å²) in [6.07, 6.45) is 0.263. The normalized spacial score (nSPS) is 20.7. The van der Waals surface area contributed by atoms with Gasteiger partial charge in [-0.1, -0.05) is 52.0 Å². The first kappa shape index (κ1) is 55.7. The van der Waals surface area contributed by atoms with Crippen molar-refractivity contribution in [1.29, 1.82) is 0 Å². The highest BCUT2D eigenvalue weighted by atomic mass is 32.2. The molecule has 0 saturated carbocycles. The summed E-state index contributed by atoms with van der Waals surface area (Å²) < 4.78 is 55.6. The number of thioether (sulfide) groups is 1. The number of likely N-dealkylation sites (tertiary alicyclic amines) is 2. The lowest BCUT2D eigenvalue weighted by atomic mass is 9.93. The Balaban J connectivity index is 0.997. The molecule has 6 atom stereocenters. The summed E-state index contributed by atoms with van der Waals surface area (Å²) in [5.41, 5.74) is 0.839. The molecule has 0 radical (unpaired) electrons. The number of alkyl halides is 3. The Kier molecular flexibility index (Phi) is 17.3. The first-order valence-electron chi connectivity index (χ1n) is 24.8. The Hall–Kier alpha value is -7.04. The van der Waals surface area contributed by atoms with Crippen LogP contribution < -0.4 is 25.6 Å². The number of alkyl carbamates (subject to hydrolysis) is 2. The average Bonchev–Trinajstić information content (AvgIpc) is 4.15. The molecule has 4 N–H and O–H groups in total. The molecular weight excluding hydrogens is 998 g/mol. The van der Waals surface area contributed by atoms with E-state index in [1.54, 1.807) is 76.0 Å². The molecule has 404 valence electrons. The van der Waals surface area contributed by atoms with E-state index in [9.17, 15) is 41.9 Å². The van der Waals surface area contributed by atoms with Gasteiger partial charge in [0.25, 0.3) is 5.91 Å². The summed E-state index contributed by atoms with van der Waals surface area (Å²) in [5.74, 6) is -1.39. The van der Waals surface area contributed by atoms with Crippen LogP contribution in [0.3, 0.4) is 0 Å². The molecule has 7 rings (SSSR count). The van der Waals surface area contributed by atoms with Gasteiger partial charge in [0.05, 0.1) is 44.0 Å². The number of carbonyl (C=O) groups excluding carboxylic acids is 6.